The van der Waals surface area contributed by atoms with Gasteiger partial charge in [-0.2, -0.15) is 0 Å². The van der Waals surface area contributed by atoms with Gasteiger partial charge in [-0.3, -0.25) is 0 Å². The Hall–Kier alpha value is -1.26. The molecule has 0 radical (unpaired) electrons. The van der Waals surface area contributed by atoms with Crippen LogP contribution in [0, 0.1) is 18.6 Å². The largest absolute Gasteiger partial charge is 0.324 e. The third-order valence-electron chi connectivity index (χ3n) is 3.08. The fourth-order valence-electron chi connectivity index (χ4n) is 2.04. The van der Waals surface area contributed by atoms with Crippen LogP contribution >= 0.6 is 15.9 Å². The molecule has 0 saturated heterocycles. The molecule has 19 heavy (non-hydrogen) atoms. The Labute approximate surface area is 119 Å². The van der Waals surface area contributed by atoms with Gasteiger partial charge in [-0.1, -0.05) is 12.1 Å². The highest BCUT2D eigenvalue weighted by Crippen LogP contribution is 2.23. The fraction of sp³-hybridized carbons (Fsp3) is 0.200. The Kier molecular flexibility index (Phi) is 4.32. The quantitative estimate of drug-likeness (QED) is 0.895. The highest BCUT2D eigenvalue weighted by atomic mass is 79.9. The van der Waals surface area contributed by atoms with Crippen molar-refractivity contribution in [3.8, 4) is 0 Å². The molecule has 1 nitrogen and oxygen atoms in total. The van der Waals surface area contributed by atoms with Crippen molar-refractivity contribution in [1.82, 2.24) is 0 Å². The lowest BCUT2D eigenvalue weighted by Crippen LogP contribution is -2.15. The van der Waals surface area contributed by atoms with Gasteiger partial charge in [0.15, 0.2) is 0 Å². The smallest absolute Gasteiger partial charge is 0.137 e. The minimum Gasteiger partial charge on any atom is -0.324 e. The predicted molar refractivity (Wildman–Crippen MR) is 75.9 cm³/mol. The van der Waals surface area contributed by atoms with E-state index in [1.807, 2.05) is 6.92 Å². The molecule has 4 heteroatoms. The first kappa shape index (κ1) is 14.2. The zero-order valence-corrected chi connectivity index (χ0v) is 12.0. The van der Waals surface area contributed by atoms with Gasteiger partial charge in [0.25, 0.3) is 0 Å². The monoisotopic (exact) mass is 325 g/mol. The van der Waals surface area contributed by atoms with E-state index >= 15 is 0 Å². The van der Waals surface area contributed by atoms with E-state index in [1.54, 1.807) is 18.2 Å². The third-order valence-corrected chi connectivity index (χ3v) is 3.69. The van der Waals surface area contributed by atoms with Gasteiger partial charge in [0, 0.05) is 6.04 Å². The van der Waals surface area contributed by atoms with E-state index in [4.69, 9.17) is 5.73 Å². The van der Waals surface area contributed by atoms with Crippen molar-refractivity contribution < 1.29 is 8.78 Å². The zero-order valence-electron chi connectivity index (χ0n) is 10.5. The maximum Gasteiger partial charge on any atom is 0.137 e. The molecule has 0 amide bonds. The molecule has 0 saturated carbocycles. The van der Waals surface area contributed by atoms with E-state index in [0.717, 1.165) is 16.7 Å². The summed E-state index contributed by atoms with van der Waals surface area (Å²) in [6, 6.07) is 9.06. The summed E-state index contributed by atoms with van der Waals surface area (Å²) in [6.07, 6.45) is 0.531. The molecule has 1 unspecified atom stereocenters. The summed E-state index contributed by atoms with van der Waals surface area (Å²) in [7, 11) is 0. The lowest BCUT2D eigenvalue weighted by atomic mass is 9.96. The Balaban J connectivity index is 2.22. The Morgan fingerprint density at radius 1 is 1.16 bits per heavy atom. The van der Waals surface area contributed by atoms with Gasteiger partial charge in [-0.25, -0.2) is 8.78 Å². The van der Waals surface area contributed by atoms with Crippen LogP contribution in [-0.2, 0) is 6.42 Å². The zero-order chi connectivity index (χ0) is 14.0. The number of benzene rings is 2. The van der Waals surface area contributed by atoms with Crippen molar-refractivity contribution in [3.63, 3.8) is 0 Å². The normalized spacial score (nSPS) is 12.5. The molecule has 2 rings (SSSR count). The van der Waals surface area contributed by atoms with Gasteiger partial charge in [0.1, 0.15) is 11.6 Å². The first-order chi connectivity index (χ1) is 8.97. The number of hydrogen-bond donors (Lipinski definition) is 1. The van der Waals surface area contributed by atoms with Gasteiger partial charge in [0.2, 0.25) is 0 Å². The van der Waals surface area contributed by atoms with Crippen LogP contribution in [0.5, 0.6) is 0 Å². The maximum absolute atomic E-state index is 13.3. The summed E-state index contributed by atoms with van der Waals surface area (Å²) in [5.41, 5.74) is 8.75. The summed E-state index contributed by atoms with van der Waals surface area (Å²) < 4.78 is 26.8. The van der Waals surface area contributed by atoms with Gasteiger partial charge < -0.3 is 5.73 Å². The highest BCUT2D eigenvalue weighted by molar-refractivity contribution is 9.10. The van der Waals surface area contributed by atoms with E-state index in [1.165, 1.54) is 18.2 Å². The fourth-order valence-corrected chi connectivity index (χ4v) is 2.47. The first-order valence-electron chi connectivity index (χ1n) is 5.93. The topological polar surface area (TPSA) is 26.0 Å². The second-order valence-corrected chi connectivity index (χ2v) is 5.41. The van der Waals surface area contributed by atoms with Gasteiger partial charge in [-0.05, 0) is 70.2 Å². The first-order valence-corrected chi connectivity index (χ1v) is 6.72. The molecule has 2 N–H and O–H groups in total. The lowest BCUT2D eigenvalue weighted by Gasteiger charge is -2.15. The average Bonchev–Trinajstić information content (AvgIpc) is 2.36. The Morgan fingerprint density at radius 2 is 1.89 bits per heavy atom. The summed E-state index contributed by atoms with van der Waals surface area (Å²) in [6.45, 7) is 1.90. The van der Waals surface area contributed by atoms with Crippen LogP contribution in [0.25, 0.3) is 0 Å². The standard InChI is InChI=1S/C15H14BrF2N/c1-9-2-4-11(17)8-12(9)15(19)7-10-3-5-14(18)13(16)6-10/h2-6,8,15H,7,19H2,1H3. The van der Waals surface area contributed by atoms with Crippen LogP contribution in [0.2, 0.25) is 0 Å². The van der Waals surface area contributed by atoms with E-state index in [0.29, 0.717) is 10.9 Å². The SMILES string of the molecule is Cc1ccc(F)cc1C(N)Cc1ccc(F)c(Br)c1. The summed E-state index contributed by atoms with van der Waals surface area (Å²) in [5.74, 6) is -0.601. The lowest BCUT2D eigenvalue weighted by molar-refractivity contribution is 0.614. The van der Waals surface area contributed by atoms with Gasteiger partial charge in [-0.15, -0.1) is 0 Å². The summed E-state index contributed by atoms with van der Waals surface area (Å²) >= 11 is 3.14. The van der Waals surface area contributed by atoms with Crippen molar-refractivity contribution in [1.29, 1.82) is 0 Å². The van der Waals surface area contributed by atoms with E-state index in [2.05, 4.69) is 15.9 Å². The van der Waals surface area contributed by atoms with Crippen molar-refractivity contribution in [2.45, 2.75) is 19.4 Å². The van der Waals surface area contributed by atoms with Crippen molar-refractivity contribution >= 4 is 15.9 Å². The second kappa shape index (κ2) is 5.80. The van der Waals surface area contributed by atoms with Crippen LogP contribution in [0.3, 0.4) is 0 Å². The molecule has 2 aromatic rings. The highest BCUT2D eigenvalue weighted by Gasteiger charge is 2.12. The van der Waals surface area contributed by atoms with E-state index < -0.39 is 0 Å². The molecular weight excluding hydrogens is 312 g/mol. The summed E-state index contributed by atoms with van der Waals surface area (Å²) in [4.78, 5) is 0. The number of halogens is 3. The number of aryl methyl sites for hydroxylation is 1. The molecule has 100 valence electrons. The Bertz CT molecular complexity index is 599. The van der Waals surface area contributed by atoms with E-state index in [-0.39, 0.29) is 17.7 Å². The van der Waals surface area contributed by atoms with Crippen molar-refractivity contribution in [3.05, 3.63) is 69.2 Å². The van der Waals surface area contributed by atoms with Crippen LogP contribution < -0.4 is 5.73 Å². The minimum absolute atomic E-state index is 0.295. The predicted octanol–water partition coefficient (Wildman–Crippen LogP) is 4.28. The van der Waals surface area contributed by atoms with Gasteiger partial charge in [0.05, 0.1) is 4.47 Å². The molecule has 0 heterocycles. The molecule has 2 aromatic carbocycles. The van der Waals surface area contributed by atoms with Crippen molar-refractivity contribution in [2.75, 3.05) is 0 Å². The van der Waals surface area contributed by atoms with Gasteiger partial charge >= 0.3 is 0 Å². The molecular formula is C15H14BrF2N. The van der Waals surface area contributed by atoms with Crippen LogP contribution in [0.4, 0.5) is 8.78 Å². The third kappa shape index (κ3) is 3.39. The van der Waals surface area contributed by atoms with Crippen LogP contribution in [0.15, 0.2) is 40.9 Å². The average molecular weight is 326 g/mol. The molecule has 0 aliphatic carbocycles. The van der Waals surface area contributed by atoms with Crippen LogP contribution in [-0.4, -0.2) is 0 Å². The maximum atomic E-state index is 13.3. The molecule has 0 bridgehead atoms. The molecule has 0 fully saturated rings. The van der Waals surface area contributed by atoms with Crippen LogP contribution in [0.1, 0.15) is 22.7 Å². The number of rotatable bonds is 3. The van der Waals surface area contributed by atoms with Crippen molar-refractivity contribution in [2.24, 2.45) is 5.73 Å². The Morgan fingerprint density at radius 3 is 2.58 bits per heavy atom. The molecule has 0 aromatic heterocycles. The molecule has 0 aliphatic heterocycles. The molecule has 1 atom stereocenters. The minimum atomic E-state index is -0.312. The number of hydrogen-bond acceptors (Lipinski definition) is 1. The summed E-state index contributed by atoms with van der Waals surface area (Å²) in [5, 5.41) is 0. The van der Waals surface area contributed by atoms with E-state index in [9.17, 15) is 8.78 Å². The number of nitrogens with two attached hydrogens (primary N) is 1. The molecule has 0 spiro atoms. The molecule has 0 aliphatic rings. The second-order valence-electron chi connectivity index (χ2n) is 4.56.